The van der Waals surface area contributed by atoms with Crippen LogP contribution in [0, 0.1) is 0 Å². The number of rotatable bonds is 3. The summed E-state index contributed by atoms with van der Waals surface area (Å²) in [4.78, 5) is 33.8. The van der Waals surface area contributed by atoms with Crippen molar-refractivity contribution in [1.29, 1.82) is 0 Å². The highest BCUT2D eigenvalue weighted by Crippen LogP contribution is 2.29. The van der Waals surface area contributed by atoms with Crippen LogP contribution in [-0.4, -0.2) is 44.2 Å². The van der Waals surface area contributed by atoms with E-state index in [2.05, 4.69) is 9.97 Å². The molecule has 1 saturated heterocycles. The number of likely N-dealkylation sites (N-methyl/N-ethyl adjacent to an activating group) is 1. The van der Waals surface area contributed by atoms with Crippen LogP contribution in [-0.2, 0) is 16.0 Å². The summed E-state index contributed by atoms with van der Waals surface area (Å²) < 4.78 is 1.71. The molecule has 21 heavy (non-hydrogen) atoms. The zero-order valence-corrected chi connectivity index (χ0v) is 12.7. The van der Waals surface area contributed by atoms with Gasteiger partial charge in [0.1, 0.15) is 17.4 Å². The van der Waals surface area contributed by atoms with Crippen molar-refractivity contribution in [3.8, 4) is 0 Å². The molecule has 2 aromatic rings. The maximum absolute atomic E-state index is 12.3. The molecule has 0 N–H and O–H groups in total. The number of halogens is 2. The van der Waals surface area contributed by atoms with Crippen molar-refractivity contribution in [2.75, 3.05) is 12.9 Å². The van der Waals surface area contributed by atoms with Crippen LogP contribution >= 0.6 is 23.2 Å². The molecule has 0 spiro atoms. The number of imidazole rings is 1. The molecular weight excluding hydrogens is 315 g/mol. The van der Waals surface area contributed by atoms with Gasteiger partial charge in [-0.25, -0.2) is 9.97 Å². The van der Waals surface area contributed by atoms with Gasteiger partial charge in [-0.3, -0.25) is 19.1 Å². The number of imide groups is 1. The monoisotopic (exact) mass is 326 g/mol. The number of likely N-dealkylation sites (tertiary alicyclic amines) is 1. The average molecular weight is 327 g/mol. The molecule has 1 unspecified atom stereocenters. The van der Waals surface area contributed by atoms with E-state index in [0.717, 1.165) is 4.90 Å². The lowest BCUT2D eigenvalue weighted by molar-refractivity contribution is -0.137. The Morgan fingerprint density at radius 2 is 2.19 bits per heavy atom. The molecule has 0 aliphatic carbocycles. The van der Waals surface area contributed by atoms with Gasteiger partial charge in [0.2, 0.25) is 5.91 Å². The van der Waals surface area contributed by atoms with Crippen LogP contribution in [0.1, 0.15) is 18.3 Å². The van der Waals surface area contributed by atoms with Crippen LogP contribution in [0.3, 0.4) is 0 Å². The van der Waals surface area contributed by atoms with Crippen LogP contribution < -0.4 is 0 Å². The molecule has 2 amide bonds. The predicted molar refractivity (Wildman–Crippen MR) is 78.4 cm³/mol. The molecule has 0 aromatic carbocycles. The van der Waals surface area contributed by atoms with Gasteiger partial charge in [0.05, 0.1) is 11.4 Å². The highest BCUT2D eigenvalue weighted by atomic mass is 35.5. The van der Waals surface area contributed by atoms with E-state index < -0.39 is 6.04 Å². The molecular formula is C13H12Cl2N4O2. The van der Waals surface area contributed by atoms with E-state index >= 15 is 0 Å². The summed E-state index contributed by atoms with van der Waals surface area (Å²) in [6.45, 7) is 0. The van der Waals surface area contributed by atoms with Gasteiger partial charge >= 0.3 is 0 Å². The van der Waals surface area contributed by atoms with E-state index in [0.29, 0.717) is 34.3 Å². The van der Waals surface area contributed by atoms with Crippen LogP contribution in [0.2, 0.25) is 5.02 Å². The van der Waals surface area contributed by atoms with Crippen molar-refractivity contribution in [3.63, 3.8) is 0 Å². The summed E-state index contributed by atoms with van der Waals surface area (Å²) in [6, 6.07) is 1.07. The summed E-state index contributed by atoms with van der Waals surface area (Å²) in [5.41, 5.74) is 1.14. The lowest BCUT2D eigenvalue weighted by atomic mass is 10.2. The Morgan fingerprint density at radius 1 is 1.43 bits per heavy atom. The second kappa shape index (κ2) is 5.27. The van der Waals surface area contributed by atoms with Crippen LogP contribution in [0.4, 0.5) is 0 Å². The fourth-order valence-electron chi connectivity index (χ4n) is 2.53. The van der Waals surface area contributed by atoms with E-state index in [9.17, 15) is 9.59 Å². The van der Waals surface area contributed by atoms with Crippen molar-refractivity contribution < 1.29 is 9.59 Å². The van der Waals surface area contributed by atoms with Gasteiger partial charge in [0.25, 0.3) is 5.91 Å². The zero-order valence-electron chi connectivity index (χ0n) is 11.2. The molecule has 6 nitrogen and oxygen atoms in total. The number of alkyl halides is 1. The van der Waals surface area contributed by atoms with Crippen molar-refractivity contribution >= 4 is 46.2 Å². The summed E-state index contributed by atoms with van der Waals surface area (Å²) in [5, 5.41) is 0.468. The molecule has 1 fully saturated rings. The van der Waals surface area contributed by atoms with Crippen molar-refractivity contribution in [2.24, 2.45) is 0 Å². The number of amides is 2. The summed E-state index contributed by atoms with van der Waals surface area (Å²) in [5.74, 6) is 0.530. The molecule has 0 saturated carbocycles. The largest absolute Gasteiger partial charge is 0.299 e. The molecule has 1 aliphatic heterocycles. The number of carbonyl (C=O) groups is 2. The summed E-state index contributed by atoms with van der Waals surface area (Å²) >= 11 is 11.7. The third-order valence-electron chi connectivity index (χ3n) is 3.56. The first-order valence-corrected chi connectivity index (χ1v) is 7.33. The Bertz CT molecular complexity index is 743. The van der Waals surface area contributed by atoms with Gasteiger partial charge in [0.15, 0.2) is 5.65 Å². The molecule has 0 radical (unpaired) electrons. The summed E-state index contributed by atoms with van der Waals surface area (Å²) in [6.07, 6.45) is 2.09. The number of hydrogen-bond donors (Lipinski definition) is 0. The Hall–Kier alpha value is -1.66. The quantitative estimate of drug-likeness (QED) is 0.637. The van der Waals surface area contributed by atoms with E-state index in [1.807, 2.05) is 0 Å². The van der Waals surface area contributed by atoms with Gasteiger partial charge in [-0.2, -0.15) is 0 Å². The van der Waals surface area contributed by atoms with Gasteiger partial charge in [-0.1, -0.05) is 11.6 Å². The SMILES string of the molecule is CN1C(=O)CC(n2c(CCCl)nc3cc(Cl)cnc32)C1=O. The normalized spacial score (nSPS) is 19.0. The Labute approximate surface area is 130 Å². The predicted octanol–water partition coefficient (Wildman–Crippen LogP) is 1.80. The number of pyridine rings is 1. The van der Waals surface area contributed by atoms with Gasteiger partial charge in [-0.15, -0.1) is 11.6 Å². The highest BCUT2D eigenvalue weighted by Gasteiger charge is 2.39. The van der Waals surface area contributed by atoms with Crippen molar-refractivity contribution in [2.45, 2.75) is 18.9 Å². The summed E-state index contributed by atoms with van der Waals surface area (Å²) in [7, 11) is 1.48. The minimum absolute atomic E-state index is 0.111. The molecule has 8 heteroatoms. The van der Waals surface area contributed by atoms with E-state index in [1.165, 1.54) is 13.2 Å². The third-order valence-corrected chi connectivity index (χ3v) is 3.95. The second-order valence-corrected chi connectivity index (χ2v) is 5.66. The number of aryl methyl sites for hydroxylation is 1. The topological polar surface area (TPSA) is 68.1 Å². The average Bonchev–Trinajstić information content (AvgIpc) is 2.91. The molecule has 3 rings (SSSR count). The van der Waals surface area contributed by atoms with E-state index in [-0.39, 0.29) is 18.2 Å². The molecule has 1 aliphatic rings. The van der Waals surface area contributed by atoms with Gasteiger partial charge in [-0.05, 0) is 6.07 Å². The first-order valence-electron chi connectivity index (χ1n) is 6.41. The third kappa shape index (κ3) is 2.28. The number of fused-ring (bicyclic) bond motifs is 1. The number of carbonyl (C=O) groups excluding carboxylic acids is 2. The smallest absolute Gasteiger partial charge is 0.252 e. The minimum atomic E-state index is -0.612. The first-order chi connectivity index (χ1) is 10.0. The molecule has 3 heterocycles. The maximum Gasteiger partial charge on any atom is 0.252 e. The molecule has 0 bridgehead atoms. The van der Waals surface area contributed by atoms with Crippen molar-refractivity contribution in [1.82, 2.24) is 19.4 Å². The molecule has 110 valence electrons. The van der Waals surface area contributed by atoms with E-state index in [4.69, 9.17) is 23.2 Å². The first kappa shape index (κ1) is 14.3. The Kier molecular flexibility index (Phi) is 3.59. The fourth-order valence-corrected chi connectivity index (χ4v) is 2.85. The van der Waals surface area contributed by atoms with Crippen LogP contribution in [0.5, 0.6) is 0 Å². The zero-order chi connectivity index (χ0) is 15.1. The Balaban J connectivity index is 2.18. The molecule has 2 aromatic heterocycles. The van der Waals surface area contributed by atoms with Crippen molar-refractivity contribution in [3.05, 3.63) is 23.1 Å². The van der Waals surface area contributed by atoms with Crippen LogP contribution in [0.15, 0.2) is 12.3 Å². The van der Waals surface area contributed by atoms with Gasteiger partial charge in [0, 0.05) is 25.5 Å². The minimum Gasteiger partial charge on any atom is -0.299 e. The molecule has 1 atom stereocenters. The number of nitrogens with zero attached hydrogens (tertiary/aromatic N) is 4. The Morgan fingerprint density at radius 3 is 2.81 bits per heavy atom. The van der Waals surface area contributed by atoms with E-state index in [1.54, 1.807) is 10.6 Å². The maximum atomic E-state index is 12.3. The second-order valence-electron chi connectivity index (χ2n) is 4.84. The lowest BCUT2D eigenvalue weighted by Crippen LogP contribution is -2.27. The fraction of sp³-hybridized carbons (Fsp3) is 0.385. The lowest BCUT2D eigenvalue weighted by Gasteiger charge is -2.13. The number of hydrogen-bond acceptors (Lipinski definition) is 4. The van der Waals surface area contributed by atoms with Gasteiger partial charge < -0.3 is 0 Å². The number of aromatic nitrogens is 3. The van der Waals surface area contributed by atoms with Crippen LogP contribution in [0.25, 0.3) is 11.2 Å². The highest BCUT2D eigenvalue weighted by molar-refractivity contribution is 6.31. The standard InChI is InChI=1S/C13H12Cl2N4O2/c1-18-11(20)5-9(13(18)21)19-10(2-3-14)17-8-4-7(15)6-16-12(8)19/h4,6,9H,2-3,5H2,1H3.